The molecule has 0 aliphatic rings. The highest BCUT2D eigenvalue weighted by Crippen LogP contribution is 2.29. The Hall–Kier alpha value is -1.38. The number of methoxy groups -OCH3 is 1. The van der Waals surface area contributed by atoms with Crippen molar-refractivity contribution in [1.29, 1.82) is 0 Å². The van der Waals surface area contributed by atoms with E-state index in [0.29, 0.717) is 11.7 Å². The molecule has 0 saturated heterocycles. The monoisotopic (exact) mass is 352 g/mol. The van der Waals surface area contributed by atoms with Gasteiger partial charge >= 0.3 is 0 Å². The van der Waals surface area contributed by atoms with Crippen molar-refractivity contribution in [2.45, 2.75) is 32.6 Å². The predicted molar refractivity (Wildman–Crippen MR) is 96.9 cm³/mol. The highest BCUT2D eigenvalue weighted by molar-refractivity contribution is 6.35. The van der Waals surface area contributed by atoms with Gasteiger partial charge in [0.2, 0.25) is 0 Å². The number of rotatable bonds is 7. The molecule has 0 heterocycles. The van der Waals surface area contributed by atoms with Crippen molar-refractivity contribution in [3.63, 3.8) is 0 Å². The second-order valence-electron chi connectivity index (χ2n) is 5.89. The van der Waals surface area contributed by atoms with Crippen LogP contribution in [0.25, 0.3) is 0 Å². The SMILES string of the molecule is COc1cc(CCC(C)CCc2c(Cl)cccc2Cl)ccc1O. The normalized spacial score (nSPS) is 12.2. The molecule has 0 fully saturated rings. The molecular formula is C19H22Cl2O2. The lowest BCUT2D eigenvalue weighted by Gasteiger charge is -2.13. The average molecular weight is 353 g/mol. The van der Waals surface area contributed by atoms with Gasteiger partial charge in [-0.1, -0.05) is 42.3 Å². The van der Waals surface area contributed by atoms with Crippen LogP contribution in [0, 0.1) is 5.92 Å². The largest absolute Gasteiger partial charge is 0.504 e. The van der Waals surface area contributed by atoms with Crippen molar-refractivity contribution < 1.29 is 9.84 Å². The number of ether oxygens (including phenoxy) is 1. The number of aryl methyl sites for hydroxylation is 1. The van der Waals surface area contributed by atoms with Gasteiger partial charge in [0, 0.05) is 10.0 Å². The third-order valence-corrected chi connectivity index (χ3v) is 4.83. The Bertz CT molecular complexity index is 636. The van der Waals surface area contributed by atoms with Crippen LogP contribution < -0.4 is 4.74 Å². The number of hydrogen-bond acceptors (Lipinski definition) is 2. The maximum atomic E-state index is 9.62. The maximum absolute atomic E-state index is 9.62. The summed E-state index contributed by atoms with van der Waals surface area (Å²) in [4.78, 5) is 0. The third-order valence-electron chi connectivity index (χ3n) is 4.12. The molecule has 2 aromatic carbocycles. The minimum atomic E-state index is 0.178. The smallest absolute Gasteiger partial charge is 0.160 e. The molecule has 0 spiro atoms. The van der Waals surface area contributed by atoms with Gasteiger partial charge in [0.25, 0.3) is 0 Å². The third kappa shape index (κ3) is 5.05. The molecule has 0 radical (unpaired) electrons. The van der Waals surface area contributed by atoms with Crippen molar-refractivity contribution in [1.82, 2.24) is 0 Å². The van der Waals surface area contributed by atoms with Crippen LogP contribution in [0.1, 0.15) is 30.9 Å². The molecule has 1 unspecified atom stereocenters. The molecule has 0 bridgehead atoms. The Kier molecular flexibility index (Phi) is 6.61. The molecule has 2 nitrogen and oxygen atoms in total. The zero-order valence-corrected chi connectivity index (χ0v) is 15.0. The van der Waals surface area contributed by atoms with E-state index in [1.54, 1.807) is 13.2 Å². The van der Waals surface area contributed by atoms with Crippen LogP contribution in [-0.2, 0) is 12.8 Å². The molecule has 23 heavy (non-hydrogen) atoms. The molecule has 2 rings (SSSR count). The van der Waals surface area contributed by atoms with Gasteiger partial charge in [0.15, 0.2) is 11.5 Å². The number of hydrogen-bond donors (Lipinski definition) is 1. The molecule has 0 amide bonds. The molecule has 2 aromatic rings. The Morgan fingerprint density at radius 3 is 2.35 bits per heavy atom. The summed E-state index contributed by atoms with van der Waals surface area (Å²) in [6, 6.07) is 11.2. The molecule has 0 saturated carbocycles. The molecule has 0 aromatic heterocycles. The fraction of sp³-hybridized carbons (Fsp3) is 0.368. The molecule has 0 aliphatic carbocycles. The second-order valence-corrected chi connectivity index (χ2v) is 6.70. The lowest BCUT2D eigenvalue weighted by molar-refractivity contribution is 0.372. The summed E-state index contributed by atoms with van der Waals surface area (Å²) >= 11 is 12.4. The zero-order valence-electron chi connectivity index (χ0n) is 13.5. The van der Waals surface area contributed by atoms with Crippen LogP contribution in [0.15, 0.2) is 36.4 Å². The minimum absolute atomic E-state index is 0.178. The first kappa shape index (κ1) is 18.0. The van der Waals surface area contributed by atoms with E-state index < -0.39 is 0 Å². The molecule has 1 atom stereocenters. The van der Waals surface area contributed by atoms with Gasteiger partial charge in [-0.05, 0) is 67.0 Å². The van der Waals surface area contributed by atoms with Gasteiger partial charge in [-0.25, -0.2) is 0 Å². The quantitative estimate of drug-likeness (QED) is 0.671. The van der Waals surface area contributed by atoms with Crippen LogP contribution in [0.3, 0.4) is 0 Å². The molecule has 1 N–H and O–H groups in total. The number of aromatic hydroxyl groups is 1. The van der Waals surface area contributed by atoms with E-state index in [1.807, 2.05) is 30.3 Å². The summed E-state index contributed by atoms with van der Waals surface area (Å²) in [5.41, 5.74) is 2.20. The second kappa shape index (κ2) is 8.47. The van der Waals surface area contributed by atoms with E-state index in [9.17, 15) is 5.11 Å². The van der Waals surface area contributed by atoms with Gasteiger partial charge in [-0.3, -0.25) is 0 Å². The highest BCUT2D eigenvalue weighted by Gasteiger charge is 2.10. The molecular weight excluding hydrogens is 331 g/mol. The Labute approximate surface area is 148 Å². The molecule has 4 heteroatoms. The molecule has 0 aliphatic heterocycles. The summed E-state index contributed by atoms with van der Waals surface area (Å²) in [5.74, 6) is 1.26. The van der Waals surface area contributed by atoms with Crippen molar-refractivity contribution in [2.24, 2.45) is 5.92 Å². The van der Waals surface area contributed by atoms with Crippen molar-refractivity contribution in [2.75, 3.05) is 7.11 Å². The van der Waals surface area contributed by atoms with E-state index in [2.05, 4.69) is 6.92 Å². The van der Waals surface area contributed by atoms with Crippen LogP contribution in [0.4, 0.5) is 0 Å². The number of benzene rings is 2. The van der Waals surface area contributed by atoms with E-state index in [-0.39, 0.29) is 5.75 Å². The highest BCUT2D eigenvalue weighted by atomic mass is 35.5. The summed E-state index contributed by atoms with van der Waals surface area (Å²) in [7, 11) is 1.56. The first-order chi connectivity index (χ1) is 11.0. The van der Waals surface area contributed by atoms with Crippen molar-refractivity contribution in [3.8, 4) is 11.5 Å². The predicted octanol–water partition coefficient (Wildman–Crippen LogP) is 5.91. The summed E-state index contributed by atoms with van der Waals surface area (Å²) < 4.78 is 5.14. The topological polar surface area (TPSA) is 29.5 Å². The summed E-state index contributed by atoms with van der Waals surface area (Å²) in [6.45, 7) is 2.24. The zero-order chi connectivity index (χ0) is 16.8. The lowest BCUT2D eigenvalue weighted by Crippen LogP contribution is -2.01. The van der Waals surface area contributed by atoms with Crippen molar-refractivity contribution >= 4 is 23.2 Å². The van der Waals surface area contributed by atoms with E-state index in [1.165, 1.54) is 5.56 Å². The van der Waals surface area contributed by atoms with Gasteiger partial charge < -0.3 is 9.84 Å². The first-order valence-electron chi connectivity index (χ1n) is 7.80. The fourth-order valence-corrected chi connectivity index (χ4v) is 3.18. The van der Waals surface area contributed by atoms with E-state index in [0.717, 1.165) is 41.3 Å². The number of halogens is 2. The average Bonchev–Trinajstić information content (AvgIpc) is 2.53. The van der Waals surface area contributed by atoms with Crippen LogP contribution in [-0.4, -0.2) is 12.2 Å². The minimum Gasteiger partial charge on any atom is -0.504 e. The van der Waals surface area contributed by atoms with Crippen LogP contribution >= 0.6 is 23.2 Å². The number of phenolic OH excluding ortho intramolecular Hbond substituents is 1. The van der Waals surface area contributed by atoms with Crippen LogP contribution in [0.5, 0.6) is 11.5 Å². The Morgan fingerprint density at radius 2 is 1.70 bits per heavy atom. The molecule has 124 valence electrons. The van der Waals surface area contributed by atoms with E-state index in [4.69, 9.17) is 27.9 Å². The Balaban J connectivity index is 1.87. The van der Waals surface area contributed by atoms with Gasteiger partial charge in [-0.2, -0.15) is 0 Å². The Morgan fingerprint density at radius 1 is 1.04 bits per heavy atom. The summed E-state index contributed by atoms with van der Waals surface area (Å²) in [6.07, 6.45) is 3.95. The number of phenols is 1. The van der Waals surface area contributed by atoms with Gasteiger partial charge in [-0.15, -0.1) is 0 Å². The summed E-state index contributed by atoms with van der Waals surface area (Å²) in [5, 5.41) is 11.1. The van der Waals surface area contributed by atoms with Crippen molar-refractivity contribution in [3.05, 3.63) is 57.6 Å². The van der Waals surface area contributed by atoms with Gasteiger partial charge in [0.1, 0.15) is 0 Å². The lowest BCUT2D eigenvalue weighted by atomic mass is 9.94. The first-order valence-corrected chi connectivity index (χ1v) is 8.55. The standard InChI is InChI=1S/C19H22Cl2O2/c1-13(7-10-15-16(20)4-3-5-17(15)21)6-8-14-9-11-18(22)19(12-14)23-2/h3-5,9,11-13,22H,6-8,10H2,1-2H3. The van der Waals surface area contributed by atoms with Gasteiger partial charge in [0.05, 0.1) is 7.11 Å². The fourth-order valence-electron chi connectivity index (χ4n) is 2.60. The maximum Gasteiger partial charge on any atom is 0.160 e. The van der Waals surface area contributed by atoms with Crippen LogP contribution in [0.2, 0.25) is 10.0 Å². The van der Waals surface area contributed by atoms with E-state index >= 15 is 0 Å².